The number of amides is 11. The first kappa shape index (κ1) is 86.0. The molecule has 97 heavy (non-hydrogen) atoms. The van der Waals surface area contributed by atoms with Crippen molar-refractivity contribution in [2.45, 2.75) is 262 Å². The molecule has 0 aliphatic heterocycles. The number of hydrogen-bond acceptors (Lipinski definition) is 17. The number of rotatable bonds is 54. The molecule has 0 radical (unpaired) electrons. The second kappa shape index (κ2) is 48.7. The third-order valence-corrected chi connectivity index (χ3v) is 15.5. The van der Waals surface area contributed by atoms with E-state index >= 15 is 0 Å². The van der Waals surface area contributed by atoms with Gasteiger partial charge in [-0.1, -0.05) is 110 Å². The smallest absolute Gasteiger partial charge is 0.326 e. The summed E-state index contributed by atoms with van der Waals surface area (Å²) in [5, 5.41) is 71.6. The number of benzene rings is 1. The van der Waals surface area contributed by atoms with Gasteiger partial charge in [-0.25, -0.2) is 9.59 Å². The molecule has 11 amide bonds. The fourth-order valence-electron chi connectivity index (χ4n) is 9.90. The molecule has 0 bridgehead atoms. The summed E-state index contributed by atoms with van der Waals surface area (Å²) in [6.45, 7) is 7.20. The summed E-state index contributed by atoms with van der Waals surface area (Å²) in [6.07, 6.45) is 11.3. The van der Waals surface area contributed by atoms with E-state index in [0.717, 1.165) is 25.7 Å². The van der Waals surface area contributed by atoms with Crippen LogP contribution in [-0.4, -0.2) is 182 Å². The lowest BCUT2D eigenvalue weighted by Gasteiger charge is -2.25. The Hall–Kier alpha value is -8.97. The Labute approximate surface area is 566 Å². The van der Waals surface area contributed by atoms with Crippen molar-refractivity contribution in [2.75, 3.05) is 13.1 Å². The van der Waals surface area contributed by atoms with E-state index in [9.17, 15) is 92.3 Å². The minimum atomic E-state index is -1.70. The van der Waals surface area contributed by atoms with E-state index in [1.54, 1.807) is 26.0 Å². The summed E-state index contributed by atoms with van der Waals surface area (Å²) in [7, 11) is 0. The highest BCUT2D eigenvalue weighted by Crippen LogP contribution is 2.16. The maximum atomic E-state index is 13.6. The van der Waals surface area contributed by atoms with Crippen LogP contribution in [0.2, 0.25) is 0 Å². The lowest BCUT2D eigenvalue weighted by Crippen LogP contribution is -2.58. The Morgan fingerprint density at radius 3 is 1.36 bits per heavy atom. The van der Waals surface area contributed by atoms with Crippen molar-refractivity contribution in [1.29, 1.82) is 0 Å². The van der Waals surface area contributed by atoms with Crippen LogP contribution in [0, 0.1) is 5.92 Å². The zero-order valence-electron chi connectivity index (χ0n) is 56.6. The van der Waals surface area contributed by atoms with Gasteiger partial charge in [0.1, 0.15) is 54.1 Å². The predicted molar refractivity (Wildman–Crippen MR) is 353 cm³/mol. The number of aromatic hydroxyl groups is 1. The number of carboxylic acid groups (broad SMARTS) is 4. The average molecular weight is 1380 g/mol. The van der Waals surface area contributed by atoms with Crippen LogP contribution in [0.1, 0.15) is 207 Å². The minimum Gasteiger partial charge on any atom is -0.508 e. The molecule has 1 rings (SSSR count). The fraction of sp³-hybridized carbons (Fsp3) is 0.677. The number of carbonyl (C=O) groups is 15. The number of phenols is 1. The summed E-state index contributed by atoms with van der Waals surface area (Å²) >= 11 is 0. The van der Waals surface area contributed by atoms with Crippen molar-refractivity contribution < 1.29 is 97.5 Å². The first-order valence-corrected chi connectivity index (χ1v) is 33.5. The third kappa shape index (κ3) is 40.3. The van der Waals surface area contributed by atoms with E-state index in [1.807, 2.05) is 0 Å². The second-order valence-electron chi connectivity index (χ2n) is 24.7. The van der Waals surface area contributed by atoms with Gasteiger partial charge in [-0.05, 0) is 102 Å². The molecule has 0 fully saturated rings. The number of nitrogens with two attached hydrogens (primary N) is 2. The molecule has 32 nitrogen and oxygen atoms in total. The van der Waals surface area contributed by atoms with Gasteiger partial charge in [-0.15, -0.1) is 0 Å². The van der Waals surface area contributed by atoms with Gasteiger partial charge in [0.2, 0.25) is 65.0 Å². The Bertz CT molecular complexity index is 2730. The Kier molecular flexibility index (Phi) is 43.2. The zero-order valence-corrected chi connectivity index (χ0v) is 56.6. The molecule has 0 aliphatic rings. The van der Waals surface area contributed by atoms with Gasteiger partial charge in [-0.3, -0.25) is 62.3 Å². The van der Waals surface area contributed by atoms with Crippen LogP contribution in [0.25, 0.3) is 0 Å². The molecule has 0 aromatic heterocycles. The molecule has 19 N–H and O–H groups in total. The standard InChI is InChI=1S/C65H106N12O20/c1-6-7-8-9-10-11-12-13-14-15-16-17-18-22-53(81)73-48(64(94)95)28-32-52(80)68-35-20-19-21-45(62(92)76-49(65(96)97)30-34-56(85)86)74-58(88)41(5)70-57(87)40(4)71-61(91)47(27-31-51(67)79)72-54(82)38-69-60(90)46(29-33-55(83)84)75-63(93)50(36-39(2)3)77-59(89)44(66)37-42-23-25-43(78)26-24-42/h23-26,39-41,44-50,78H,6-22,27-38,66H2,1-5H3,(H2,67,79)(H,68,80)(H,69,90)(H,70,87)(H,71,91)(H,72,82)(H,73,81)(H,74,88)(H,75,93)(H,76,92)(H,77,89)(H,83,84)(H,85,86)(H,94,95)(H,96,97)/t40-,41-,44-,45-,46-,47-,48-,49-,50-/m0/s1. The topological polar surface area (TPSA) is 530 Å². The summed E-state index contributed by atoms with van der Waals surface area (Å²) in [5.74, 6) is -15.4. The number of primary amides is 1. The highest BCUT2D eigenvalue weighted by molar-refractivity contribution is 5.97. The van der Waals surface area contributed by atoms with Gasteiger partial charge in [0, 0.05) is 38.6 Å². The van der Waals surface area contributed by atoms with Gasteiger partial charge in [-0.2, -0.15) is 0 Å². The first-order valence-electron chi connectivity index (χ1n) is 33.5. The fourth-order valence-corrected chi connectivity index (χ4v) is 9.90. The number of aliphatic carboxylic acids is 4. The molecule has 0 heterocycles. The molecule has 546 valence electrons. The van der Waals surface area contributed by atoms with Crippen molar-refractivity contribution in [2.24, 2.45) is 17.4 Å². The lowest BCUT2D eigenvalue weighted by molar-refractivity contribution is -0.144. The van der Waals surface area contributed by atoms with Crippen molar-refractivity contribution in [3.8, 4) is 5.75 Å². The highest BCUT2D eigenvalue weighted by atomic mass is 16.4. The number of carbonyl (C=O) groups excluding carboxylic acids is 11. The quantitative estimate of drug-likeness (QED) is 0.0405. The zero-order chi connectivity index (χ0) is 73.0. The average Bonchev–Trinajstić information content (AvgIpc) is 0.942. The molecule has 9 atom stereocenters. The van der Waals surface area contributed by atoms with Crippen molar-refractivity contribution in [3.63, 3.8) is 0 Å². The van der Waals surface area contributed by atoms with E-state index in [-0.39, 0.29) is 69.6 Å². The molecule has 0 aliphatic carbocycles. The number of carboxylic acids is 4. The van der Waals surface area contributed by atoms with Crippen LogP contribution in [0.3, 0.4) is 0 Å². The van der Waals surface area contributed by atoms with E-state index in [0.29, 0.717) is 12.0 Å². The molecule has 32 heteroatoms. The Morgan fingerprint density at radius 2 is 0.825 bits per heavy atom. The molecule has 1 aromatic rings. The largest absolute Gasteiger partial charge is 0.508 e. The van der Waals surface area contributed by atoms with Gasteiger partial charge in [0.25, 0.3) is 0 Å². The van der Waals surface area contributed by atoms with Crippen LogP contribution in [0.15, 0.2) is 24.3 Å². The molecule has 0 spiro atoms. The van der Waals surface area contributed by atoms with Crippen LogP contribution in [-0.2, 0) is 78.3 Å². The summed E-state index contributed by atoms with van der Waals surface area (Å²) in [6, 6.07) is -7.12. The monoisotopic (exact) mass is 1370 g/mol. The SMILES string of the molecule is CCCCCCCCCCCCCCCC(=O)N[C@@H](CCC(=O)NCCCC[C@H](NC(=O)[C@H](C)NC(=O)[C@H](C)NC(=O)[C@H](CCC(N)=O)NC(=O)CNC(=O)[C@H](CCC(=O)O)NC(=O)[C@H](CC(C)C)NC(=O)[C@@H](N)Cc1ccc(O)cc1)C(=O)N[C@@H](CCC(=O)O)C(=O)O)C(=O)O. The van der Waals surface area contributed by atoms with Gasteiger partial charge in [0.15, 0.2) is 0 Å². The van der Waals surface area contributed by atoms with Crippen LogP contribution < -0.4 is 64.6 Å². The van der Waals surface area contributed by atoms with Gasteiger partial charge >= 0.3 is 23.9 Å². The number of nitrogens with one attached hydrogen (secondary N) is 10. The second-order valence-corrected chi connectivity index (χ2v) is 24.7. The van der Waals surface area contributed by atoms with E-state index in [2.05, 4.69) is 60.1 Å². The molecular weight excluding hydrogens is 1270 g/mol. The Balaban J connectivity index is 2.97. The highest BCUT2D eigenvalue weighted by Gasteiger charge is 2.33. The van der Waals surface area contributed by atoms with E-state index < -0.39 is 188 Å². The van der Waals surface area contributed by atoms with Crippen molar-refractivity contribution in [1.82, 2.24) is 53.2 Å². The molecular formula is C65H106N12O20. The van der Waals surface area contributed by atoms with E-state index in [4.69, 9.17) is 16.6 Å². The minimum absolute atomic E-state index is 0.00431. The maximum absolute atomic E-state index is 13.6. The lowest BCUT2D eigenvalue weighted by atomic mass is 10.0. The summed E-state index contributed by atoms with van der Waals surface area (Å²) in [5.41, 5.74) is 12.0. The predicted octanol–water partition coefficient (Wildman–Crippen LogP) is 1.05. The molecule has 1 aromatic carbocycles. The first-order chi connectivity index (χ1) is 45.8. The number of hydrogen-bond donors (Lipinski definition) is 17. The van der Waals surface area contributed by atoms with Crippen molar-refractivity contribution in [3.05, 3.63) is 29.8 Å². The van der Waals surface area contributed by atoms with E-state index in [1.165, 1.54) is 77.3 Å². The van der Waals surface area contributed by atoms with Gasteiger partial charge in [0.05, 0.1) is 12.6 Å². The molecule has 0 unspecified atom stereocenters. The molecule has 0 saturated heterocycles. The Morgan fingerprint density at radius 1 is 0.402 bits per heavy atom. The normalized spacial score (nSPS) is 13.8. The number of phenolic OH excluding ortho intramolecular Hbond substituents is 1. The summed E-state index contributed by atoms with van der Waals surface area (Å²) in [4.78, 5) is 192. The van der Waals surface area contributed by atoms with Crippen LogP contribution >= 0.6 is 0 Å². The van der Waals surface area contributed by atoms with Crippen molar-refractivity contribution >= 4 is 88.9 Å². The van der Waals surface area contributed by atoms with Crippen LogP contribution in [0.5, 0.6) is 5.75 Å². The number of unbranched alkanes of at least 4 members (excludes halogenated alkanes) is 13. The third-order valence-electron chi connectivity index (χ3n) is 15.5. The molecule has 0 saturated carbocycles. The van der Waals surface area contributed by atoms with Crippen LogP contribution in [0.4, 0.5) is 0 Å². The maximum Gasteiger partial charge on any atom is 0.326 e. The summed E-state index contributed by atoms with van der Waals surface area (Å²) < 4.78 is 0. The van der Waals surface area contributed by atoms with Gasteiger partial charge < -0.3 is 90.2 Å².